The average Bonchev–Trinajstić information content (AvgIpc) is 2.31. The minimum absolute atomic E-state index is 0.125. The molecule has 0 radical (unpaired) electrons. The van der Waals surface area contributed by atoms with Crippen molar-refractivity contribution in [2.24, 2.45) is 5.73 Å². The lowest BCUT2D eigenvalue weighted by Gasteiger charge is -2.14. The summed E-state index contributed by atoms with van der Waals surface area (Å²) < 4.78 is 20.6. The van der Waals surface area contributed by atoms with Crippen molar-refractivity contribution in [3.8, 4) is 0 Å². The van der Waals surface area contributed by atoms with Gasteiger partial charge in [0.25, 0.3) is 0 Å². The zero-order valence-electron chi connectivity index (χ0n) is 11.5. The summed E-state index contributed by atoms with van der Waals surface area (Å²) in [6.07, 6.45) is -0.691. The van der Waals surface area contributed by atoms with Crippen molar-refractivity contribution in [1.29, 1.82) is 0 Å². The molecule has 0 aliphatic heterocycles. The van der Waals surface area contributed by atoms with E-state index in [1.54, 1.807) is 20.8 Å². The summed E-state index contributed by atoms with van der Waals surface area (Å²) in [6.45, 7) is 8.10. The van der Waals surface area contributed by atoms with E-state index in [1.807, 2.05) is 0 Å². The fourth-order valence-corrected chi connectivity index (χ4v) is 1.09. The predicted octanol–water partition coefficient (Wildman–Crippen LogP) is 0.335. The number of nitrogens with two attached hydrogens (primary N) is 1. The Morgan fingerprint density at radius 1 is 1.00 bits per heavy atom. The van der Waals surface area contributed by atoms with Crippen molar-refractivity contribution in [1.82, 2.24) is 0 Å². The van der Waals surface area contributed by atoms with Gasteiger partial charge in [0.15, 0.2) is 6.10 Å². The molecule has 0 heterocycles. The van der Waals surface area contributed by atoms with Crippen LogP contribution in [0.2, 0.25) is 0 Å². The number of carbonyl (C=O) groups is 1. The Morgan fingerprint density at radius 2 is 1.56 bits per heavy atom. The summed E-state index contributed by atoms with van der Waals surface area (Å²) in [5, 5.41) is 0. The molecule has 108 valence electrons. The van der Waals surface area contributed by atoms with Gasteiger partial charge in [-0.3, -0.25) is 0 Å². The number of hydrogen-bond donors (Lipinski definition) is 1. The monoisotopic (exact) mass is 263 g/mol. The Morgan fingerprint density at radius 3 is 2.11 bits per heavy atom. The number of carbonyl (C=O) groups excluding carboxylic acids is 1. The minimum atomic E-state index is -0.565. The molecule has 0 saturated heterocycles. The molecule has 0 unspecified atom stereocenters. The van der Waals surface area contributed by atoms with Gasteiger partial charge in [0.05, 0.1) is 39.1 Å². The van der Waals surface area contributed by atoms with Crippen LogP contribution < -0.4 is 5.73 Å². The maximum absolute atomic E-state index is 11.4. The highest BCUT2D eigenvalue weighted by Gasteiger charge is 2.15. The van der Waals surface area contributed by atoms with Crippen LogP contribution in [0.25, 0.3) is 0 Å². The molecule has 6 nitrogen and oxygen atoms in total. The normalized spacial score (nSPS) is 12.7. The van der Waals surface area contributed by atoms with E-state index in [-0.39, 0.29) is 12.1 Å². The average molecular weight is 263 g/mol. The number of rotatable bonds is 11. The molecule has 0 saturated carbocycles. The lowest BCUT2D eigenvalue weighted by atomic mass is 10.4. The molecule has 0 spiro atoms. The largest absolute Gasteiger partial charge is 0.461 e. The summed E-state index contributed by atoms with van der Waals surface area (Å²) >= 11 is 0. The van der Waals surface area contributed by atoms with Gasteiger partial charge >= 0.3 is 5.97 Å². The smallest absolute Gasteiger partial charge is 0.335 e. The first-order chi connectivity index (χ1) is 8.57. The summed E-state index contributed by atoms with van der Waals surface area (Å²) in [5.74, 6) is -0.351. The molecule has 18 heavy (non-hydrogen) atoms. The molecular formula is C12H25NO5. The van der Waals surface area contributed by atoms with Crippen LogP contribution in [0.5, 0.6) is 0 Å². The Bertz CT molecular complexity index is 211. The van der Waals surface area contributed by atoms with Gasteiger partial charge in [-0.1, -0.05) is 0 Å². The van der Waals surface area contributed by atoms with E-state index in [1.165, 1.54) is 0 Å². The van der Waals surface area contributed by atoms with E-state index in [2.05, 4.69) is 0 Å². The van der Waals surface area contributed by atoms with E-state index in [0.29, 0.717) is 39.6 Å². The molecule has 6 heteroatoms. The topological polar surface area (TPSA) is 80.0 Å². The Balaban J connectivity index is 3.34. The Kier molecular flexibility index (Phi) is 11.0. The van der Waals surface area contributed by atoms with Crippen LogP contribution in [-0.2, 0) is 23.7 Å². The van der Waals surface area contributed by atoms with Crippen LogP contribution in [0.4, 0.5) is 0 Å². The second-order valence-electron chi connectivity index (χ2n) is 4.01. The standard InChI is InChI=1S/C12H25NO5/c1-10(2)18-12(14)11(3)17-9-8-16-7-6-15-5-4-13/h10-11H,4-9,13H2,1-3H3/t11-/m0/s1. The van der Waals surface area contributed by atoms with Gasteiger partial charge in [0, 0.05) is 6.54 Å². The highest BCUT2D eigenvalue weighted by Crippen LogP contribution is 1.98. The van der Waals surface area contributed by atoms with Gasteiger partial charge in [-0.15, -0.1) is 0 Å². The Hall–Kier alpha value is -0.690. The SMILES string of the molecule is CC(C)OC(=O)[C@H](C)OCCOCCOCCN. The summed E-state index contributed by atoms with van der Waals surface area (Å²) in [5.41, 5.74) is 5.26. The van der Waals surface area contributed by atoms with E-state index >= 15 is 0 Å². The third kappa shape index (κ3) is 10.5. The quantitative estimate of drug-likeness (QED) is 0.427. The van der Waals surface area contributed by atoms with Crippen molar-refractivity contribution in [2.45, 2.75) is 33.0 Å². The first-order valence-electron chi connectivity index (χ1n) is 6.25. The van der Waals surface area contributed by atoms with Crippen LogP contribution in [0, 0.1) is 0 Å². The fraction of sp³-hybridized carbons (Fsp3) is 0.917. The Labute approximate surface area is 109 Å². The van der Waals surface area contributed by atoms with E-state index < -0.39 is 6.10 Å². The highest BCUT2D eigenvalue weighted by atomic mass is 16.6. The summed E-state index contributed by atoms with van der Waals surface area (Å²) in [6, 6.07) is 0. The van der Waals surface area contributed by atoms with Crippen molar-refractivity contribution in [3.05, 3.63) is 0 Å². The van der Waals surface area contributed by atoms with Crippen LogP contribution in [0.1, 0.15) is 20.8 Å². The van der Waals surface area contributed by atoms with Crippen LogP contribution in [0.15, 0.2) is 0 Å². The molecular weight excluding hydrogens is 238 g/mol. The molecule has 0 aliphatic carbocycles. The second kappa shape index (κ2) is 11.4. The van der Waals surface area contributed by atoms with Gasteiger partial charge in [-0.2, -0.15) is 0 Å². The third-order valence-corrected chi connectivity index (χ3v) is 1.91. The zero-order valence-corrected chi connectivity index (χ0v) is 11.5. The van der Waals surface area contributed by atoms with Gasteiger partial charge in [-0.25, -0.2) is 4.79 Å². The van der Waals surface area contributed by atoms with Crippen LogP contribution in [0.3, 0.4) is 0 Å². The second-order valence-corrected chi connectivity index (χ2v) is 4.01. The van der Waals surface area contributed by atoms with Crippen molar-refractivity contribution >= 4 is 5.97 Å². The molecule has 0 aromatic rings. The maximum Gasteiger partial charge on any atom is 0.335 e. The van der Waals surface area contributed by atoms with Crippen LogP contribution >= 0.6 is 0 Å². The number of esters is 1. The van der Waals surface area contributed by atoms with E-state index in [0.717, 1.165) is 0 Å². The molecule has 0 rings (SSSR count). The van der Waals surface area contributed by atoms with Crippen molar-refractivity contribution < 1.29 is 23.7 Å². The molecule has 0 bridgehead atoms. The molecule has 2 N–H and O–H groups in total. The molecule has 0 amide bonds. The summed E-state index contributed by atoms with van der Waals surface area (Å²) in [4.78, 5) is 11.4. The van der Waals surface area contributed by atoms with Gasteiger partial charge in [0.2, 0.25) is 0 Å². The predicted molar refractivity (Wildman–Crippen MR) is 67.3 cm³/mol. The lowest BCUT2D eigenvalue weighted by Crippen LogP contribution is -2.27. The zero-order chi connectivity index (χ0) is 13.8. The van der Waals surface area contributed by atoms with Gasteiger partial charge < -0.3 is 24.7 Å². The minimum Gasteiger partial charge on any atom is -0.461 e. The van der Waals surface area contributed by atoms with Gasteiger partial charge in [-0.05, 0) is 20.8 Å². The number of ether oxygens (including phenoxy) is 4. The highest BCUT2D eigenvalue weighted by molar-refractivity contribution is 5.74. The lowest BCUT2D eigenvalue weighted by molar-refractivity contribution is -0.160. The third-order valence-electron chi connectivity index (χ3n) is 1.91. The first-order valence-corrected chi connectivity index (χ1v) is 6.25. The summed E-state index contributed by atoms with van der Waals surface area (Å²) in [7, 11) is 0. The van der Waals surface area contributed by atoms with E-state index in [4.69, 9.17) is 24.7 Å². The van der Waals surface area contributed by atoms with Crippen molar-refractivity contribution in [2.75, 3.05) is 39.6 Å². The number of hydrogen-bond acceptors (Lipinski definition) is 6. The molecule has 0 aliphatic rings. The first kappa shape index (κ1) is 17.3. The molecule has 0 aromatic heterocycles. The van der Waals surface area contributed by atoms with Crippen molar-refractivity contribution in [3.63, 3.8) is 0 Å². The molecule has 0 fully saturated rings. The van der Waals surface area contributed by atoms with Gasteiger partial charge in [0.1, 0.15) is 0 Å². The fourth-order valence-electron chi connectivity index (χ4n) is 1.09. The maximum atomic E-state index is 11.4. The molecule has 1 atom stereocenters. The van der Waals surface area contributed by atoms with E-state index in [9.17, 15) is 4.79 Å². The molecule has 0 aromatic carbocycles. The van der Waals surface area contributed by atoms with Crippen LogP contribution in [-0.4, -0.2) is 57.8 Å².